The van der Waals surface area contributed by atoms with Gasteiger partial charge in [0.1, 0.15) is 9.84 Å². The molecule has 0 aromatic heterocycles. The summed E-state index contributed by atoms with van der Waals surface area (Å²) in [5, 5.41) is 3.46. The number of aliphatic imine (C=N–C) groups is 1. The van der Waals surface area contributed by atoms with Crippen LogP contribution in [0.5, 0.6) is 0 Å². The van der Waals surface area contributed by atoms with E-state index in [0.29, 0.717) is 12.3 Å². The van der Waals surface area contributed by atoms with Crippen LogP contribution in [-0.2, 0) is 9.84 Å². The molecule has 1 heterocycles. The van der Waals surface area contributed by atoms with Crippen molar-refractivity contribution in [1.29, 1.82) is 0 Å². The smallest absolute Gasteiger partial charge is 0.193 e. The quantitative estimate of drug-likeness (QED) is 0.404. The Bertz CT molecular complexity index is 718. The van der Waals surface area contributed by atoms with E-state index in [4.69, 9.17) is 0 Å². The monoisotopic (exact) mass is 411 g/mol. The van der Waals surface area contributed by atoms with Crippen LogP contribution in [0.3, 0.4) is 0 Å². The van der Waals surface area contributed by atoms with Gasteiger partial charge in [-0.25, -0.2) is 8.42 Å². The van der Waals surface area contributed by atoms with Crippen molar-refractivity contribution in [2.75, 3.05) is 44.4 Å². The molecular formula is C20H33N3O2S2. The average Bonchev–Trinajstić information content (AvgIpc) is 3.08. The van der Waals surface area contributed by atoms with Crippen LogP contribution in [0.15, 0.2) is 40.2 Å². The highest BCUT2D eigenvalue weighted by Crippen LogP contribution is 2.26. The third kappa shape index (κ3) is 8.13. The maximum Gasteiger partial charge on any atom is 0.193 e. The fourth-order valence-electron chi connectivity index (χ4n) is 3.09. The van der Waals surface area contributed by atoms with Crippen LogP contribution < -0.4 is 5.32 Å². The molecule has 152 valence electrons. The van der Waals surface area contributed by atoms with E-state index >= 15 is 0 Å². The molecule has 0 bridgehead atoms. The fourth-order valence-corrected chi connectivity index (χ4v) is 5.07. The SMILES string of the molecule is CN=C(NCC(C)(C)CCS(C)(=O)=O)N1CCC(CSc2ccccc2)C1. The van der Waals surface area contributed by atoms with Crippen molar-refractivity contribution in [1.82, 2.24) is 10.2 Å². The first kappa shape index (κ1) is 22.1. The van der Waals surface area contributed by atoms with Gasteiger partial charge in [0.05, 0.1) is 5.75 Å². The zero-order valence-corrected chi connectivity index (χ0v) is 18.6. The van der Waals surface area contributed by atoms with E-state index in [-0.39, 0.29) is 11.2 Å². The molecule has 1 N–H and O–H groups in total. The van der Waals surface area contributed by atoms with E-state index in [1.807, 2.05) is 18.8 Å². The van der Waals surface area contributed by atoms with Gasteiger partial charge >= 0.3 is 0 Å². The third-order valence-electron chi connectivity index (χ3n) is 4.90. The molecule has 5 nitrogen and oxygen atoms in total. The summed E-state index contributed by atoms with van der Waals surface area (Å²) in [4.78, 5) is 8.09. The van der Waals surface area contributed by atoms with Gasteiger partial charge in [-0.05, 0) is 36.3 Å². The summed E-state index contributed by atoms with van der Waals surface area (Å²) in [5.74, 6) is 2.93. The Balaban J connectivity index is 1.78. The second-order valence-corrected chi connectivity index (χ2v) is 11.5. The van der Waals surface area contributed by atoms with Crippen LogP contribution in [0.1, 0.15) is 26.7 Å². The number of sulfone groups is 1. The first-order chi connectivity index (χ1) is 12.7. The number of nitrogens with one attached hydrogen (secondary N) is 1. The van der Waals surface area contributed by atoms with Gasteiger partial charge < -0.3 is 10.2 Å². The van der Waals surface area contributed by atoms with Crippen LogP contribution in [0.2, 0.25) is 0 Å². The Hall–Kier alpha value is -1.21. The lowest BCUT2D eigenvalue weighted by Crippen LogP contribution is -2.44. The number of thioether (sulfide) groups is 1. The van der Waals surface area contributed by atoms with Gasteiger partial charge in [0.2, 0.25) is 0 Å². The number of hydrogen-bond acceptors (Lipinski definition) is 4. The summed E-state index contributed by atoms with van der Waals surface area (Å²) in [6, 6.07) is 10.5. The summed E-state index contributed by atoms with van der Waals surface area (Å²) in [6.07, 6.45) is 3.12. The molecule has 0 amide bonds. The lowest BCUT2D eigenvalue weighted by Gasteiger charge is -2.28. The van der Waals surface area contributed by atoms with Crippen molar-refractivity contribution in [2.24, 2.45) is 16.3 Å². The van der Waals surface area contributed by atoms with Crippen LogP contribution in [0, 0.1) is 11.3 Å². The van der Waals surface area contributed by atoms with Gasteiger partial charge in [-0.15, -0.1) is 11.8 Å². The molecule has 1 aromatic rings. The Kier molecular flexibility index (Phi) is 8.04. The predicted octanol–water partition coefficient (Wildman–Crippen LogP) is 3.14. The van der Waals surface area contributed by atoms with E-state index in [1.54, 1.807) is 0 Å². The van der Waals surface area contributed by atoms with Crippen molar-refractivity contribution in [3.05, 3.63) is 30.3 Å². The van der Waals surface area contributed by atoms with Crippen molar-refractivity contribution >= 4 is 27.6 Å². The summed E-state index contributed by atoms with van der Waals surface area (Å²) < 4.78 is 22.9. The molecule has 27 heavy (non-hydrogen) atoms. The second kappa shape index (κ2) is 9.82. The van der Waals surface area contributed by atoms with Crippen LogP contribution in [-0.4, -0.2) is 63.7 Å². The van der Waals surface area contributed by atoms with Crippen molar-refractivity contribution in [3.63, 3.8) is 0 Å². The molecule has 0 radical (unpaired) electrons. The number of guanidine groups is 1. The Morgan fingerprint density at radius 1 is 1.33 bits per heavy atom. The van der Waals surface area contributed by atoms with Gasteiger partial charge in [0.15, 0.2) is 5.96 Å². The number of benzene rings is 1. The molecule has 1 saturated heterocycles. The van der Waals surface area contributed by atoms with Crippen molar-refractivity contribution in [2.45, 2.75) is 31.6 Å². The molecule has 0 saturated carbocycles. The van der Waals surface area contributed by atoms with Crippen molar-refractivity contribution < 1.29 is 8.42 Å². The number of rotatable bonds is 8. The number of nitrogens with zero attached hydrogens (tertiary/aromatic N) is 2. The molecule has 0 aliphatic carbocycles. The van der Waals surface area contributed by atoms with Crippen LogP contribution >= 0.6 is 11.8 Å². The Morgan fingerprint density at radius 2 is 2.04 bits per heavy atom. The zero-order valence-electron chi connectivity index (χ0n) is 16.9. The zero-order chi connectivity index (χ0) is 19.9. The summed E-state index contributed by atoms with van der Waals surface area (Å²) in [5.41, 5.74) is -0.0959. The highest BCUT2D eigenvalue weighted by molar-refractivity contribution is 7.99. The normalized spacial score (nSPS) is 18.7. The maximum atomic E-state index is 11.4. The standard InChI is InChI=1S/C20H33N3O2S2/c1-20(2,11-13-27(4,24)25)16-22-19(21-3)23-12-10-17(14-23)15-26-18-8-6-5-7-9-18/h5-9,17H,10-16H2,1-4H3,(H,21,22). The molecular weight excluding hydrogens is 378 g/mol. The number of likely N-dealkylation sites (tertiary alicyclic amines) is 1. The maximum absolute atomic E-state index is 11.4. The highest BCUT2D eigenvalue weighted by atomic mass is 32.2. The van der Waals surface area contributed by atoms with Gasteiger partial charge in [-0.2, -0.15) is 0 Å². The van der Waals surface area contributed by atoms with Crippen molar-refractivity contribution in [3.8, 4) is 0 Å². The lowest BCUT2D eigenvalue weighted by molar-refractivity contribution is 0.340. The molecule has 1 aliphatic rings. The molecule has 1 fully saturated rings. The van der Waals surface area contributed by atoms with E-state index in [2.05, 4.69) is 59.4 Å². The van der Waals surface area contributed by atoms with E-state index < -0.39 is 9.84 Å². The molecule has 1 aliphatic heterocycles. The highest BCUT2D eigenvalue weighted by Gasteiger charge is 2.26. The largest absolute Gasteiger partial charge is 0.356 e. The van der Waals surface area contributed by atoms with Crippen LogP contribution in [0.4, 0.5) is 0 Å². The van der Waals surface area contributed by atoms with Gasteiger partial charge in [-0.3, -0.25) is 4.99 Å². The summed E-state index contributed by atoms with van der Waals surface area (Å²) >= 11 is 1.92. The third-order valence-corrected chi connectivity index (χ3v) is 7.09. The first-order valence-electron chi connectivity index (χ1n) is 9.50. The minimum Gasteiger partial charge on any atom is -0.356 e. The van der Waals surface area contributed by atoms with E-state index in [0.717, 1.165) is 31.3 Å². The van der Waals surface area contributed by atoms with Gasteiger partial charge in [0, 0.05) is 43.6 Å². The fraction of sp³-hybridized carbons (Fsp3) is 0.650. The first-order valence-corrected chi connectivity index (χ1v) is 12.5. The molecule has 2 rings (SSSR count). The number of hydrogen-bond donors (Lipinski definition) is 1. The topological polar surface area (TPSA) is 61.8 Å². The van der Waals surface area contributed by atoms with Crippen LogP contribution in [0.25, 0.3) is 0 Å². The molecule has 1 aromatic carbocycles. The Labute approximate surface area is 168 Å². The molecule has 0 spiro atoms. The minimum atomic E-state index is -2.92. The van der Waals surface area contributed by atoms with Gasteiger partial charge in [0.25, 0.3) is 0 Å². The minimum absolute atomic E-state index is 0.0959. The molecule has 1 unspecified atom stereocenters. The molecule has 7 heteroatoms. The summed E-state index contributed by atoms with van der Waals surface area (Å²) in [7, 11) is -1.11. The lowest BCUT2D eigenvalue weighted by atomic mass is 9.90. The summed E-state index contributed by atoms with van der Waals surface area (Å²) in [6.45, 7) is 6.95. The predicted molar refractivity (Wildman–Crippen MR) is 116 cm³/mol. The Morgan fingerprint density at radius 3 is 2.67 bits per heavy atom. The van der Waals surface area contributed by atoms with E-state index in [1.165, 1.54) is 17.6 Å². The second-order valence-electron chi connectivity index (χ2n) is 8.17. The van der Waals surface area contributed by atoms with Gasteiger partial charge in [-0.1, -0.05) is 32.0 Å². The average molecular weight is 412 g/mol. The van der Waals surface area contributed by atoms with E-state index in [9.17, 15) is 8.42 Å². The molecule has 1 atom stereocenters.